The first-order valence-electron chi connectivity index (χ1n) is 10.1. The van der Waals surface area contributed by atoms with Gasteiger partial charge in [-0.1, -0.05) is 6.92 Å². The van der Waals surface area contributed by atoms with Crippen molar-refractivity contribution in [3.8, 4) is 0 Å². The number of carbonyl (C=O) groups is 1. The highest BCUT2D eigenvalue weighted by Gasteiger charge is 2.35. The molecule has 0 bridgehead atoms. The number of aliphatic hydroxyl groups excluding tert-OH is 1. The molecule has 2 atom stereocenters. The molecule has 2 fully saturated rings. The van der Waals surface area contributed by atoms with E-state index in [1.54, 1.807) is 12.1 Å². The molecule has 1 amide bonds. The predicted octanol–water partition coefficient (Wildman–Crippen LogP) is 2.26. The number of aromatic nitrogens is 1. The van der Waals surface area contributed by atoms with Crippen LogP contribution in [0.3, 0.4) is 0 Å². The summed E-state index contributed by atoms with van der Waals surface area (Å²) in [5.41, 5.74) is -0.103. The highest BCUT2D eigenvalue weighted by atomic mass is 19.4. The van der Waals surface area contributed by atoms with E-state index >= 15 is 0 Å². The van der Waals surface area contributed by atoms with E-state index in [-0.39, 0.29) is 36.0 Å². The molecule has 4 rings (SSSR count). The number of rotatable bonds is 4. The van der Waals surface area contributed by atoms with Crippen LogP contribution >= 0.6 is 0 Å². The summed E-state index contributed by atoms with van der Waals surface area (Å²) in [5, 5.41) is 12.9. The Bertz CT molecular complexity index is 930. The van der Waals surface area contributed by atoms with E-state index in [4.69, 9.17) is 0 Å². The summed E-state index contributed by atoms with van der Waals surface area (Å²) in [4.78, 5) is 20.3. The molecule has 9 heteroatoms. The van der Waals surface area contributed by atoms with Gasteiger partial charge in [0.15, 0.2) is 0 Å². The Balaban J connectivity index is 1.53. The maximum atomic E-state index is 13.4. The topological polar surface area (TPSA) is 68.7 Å². The van der Waals surface area contributed by atoms with Crippen LogP contribution in [0.1, 0.15) is 18.9 Å². The number of halogens is 3. The third-order valence-electron chi connectivity index (χ3n) is 5.72. The summed E-state index contributed by atoms with van der Waals surface area (Å²) in [5.74, 6) is 0.170. The first kappa shape index (κ1) is 20.9. The van der Waals surface area contributed by atoms with Crippen molar-refractivity contribution in [1.29, 1.82) is 0 Å². The number of anilines is 1. The van der Waals surface area contributed by atoms with Crippen molar-refractivity contribution in [3.63, 3.8) is 0 Å². The van der Waals surface area contributed by atoms with Crippen LogP contribution in [0.5, 0.6) is 0 Å². The Kier molecular flexibility index (Phi) is 5.59. The van der Waals surface area contributed by atoms with Crippen molar-refractivity contribution in [3.05, 3.63) is 36.0 Å². The van der Waals surface area contributed by atoms with Gasteiger partial charge in [0.25, 0.3) is 0 Å². The average Bonchev–Trinajstić information content (AvgIpc) is 2.64. The fourth-order valence-electron chi connectivity index (χ4n) is 4.46. The molecule has 1 aromatic heterocycles. The maximum absolute atomic E-state index is 13.4. The number of alkyl halides is 3. The van der Waals surface area contributed by atoms with Gasteiger partial charge in [-0.15, -0.1) is 0 Å². The molecular formula is C21H25F3N4O2. The van der Waals surface area contributed by atoms with Gasteiger partial charge in [-0.25, -0.2) is 0 Å². The Morgan fingerprint density at radius 1 is 1.23 bits per heavy atom. The number of likely N-dealkylation sites (tertiary alicyclic amines) is 1. The van der Waals surface area contributed by atoms with Crippen LogP contribution in [-0.4, -0.2) is 65.8 Å². The molecule has 6 nitrogen and oxygen atoms in total. The summed E-state index contributed by atoms with van der Waals surface area (Å²) < 4.78 is 40.2. The second kappa shape index (κ2) is 8.03. The minimum absolute atomic E-state index is 0.0577. The molecule has 2 aliphatic heterocycles. The van der Waals surface area contributed by atoms with Crippen LogP contribution in [0.15, 0.2) is 30.5 Å². The average molecular weight is 422 g/mol. The van der Waals surface area contributed by atoms with E-state index in [9.17, 15) is 23.1 Å². The summed E-state index contributed by atoms with van der Waals surface area (Å²) in [6.07, 6.45) is -2.65. The Hall–Kier alpha value is -2.39. The number of nitrogens with one attached hydrogen (secondary N) is 1. The molecular weight excluding hydrogens is 397 g/mol. The van der Waals surface area contributed by atoms with Crippen LogP contribution in [0.4, 0.5) is 18.9 Å². The van der Waals surface area contributed by atoms with Crippen molar-refractivity contribution in [1.82, 2.24) is 15.2 Å². The maximum Gasteiger partial charge on any atom is 0.418 e. The number of carbonyl (C=O) groups excluding carboxylic acids is 1. The minimum atomic E-state index is -4.47. The number of nitrogens with zero attached hydrogens (tertiary/aromatic N) is 3. The lowest BCUT2D eigenvalue weighted by Gasteiger charge is -2.40. The number of pyridine rings is 1. The van der Waals surface area contributed by atoms with Gasteiger partial charge in [-0.3, -0.25) is 14.7 Å². The zero-order chi connectivity index (χ0) is 21.5. The molecule has 2 aromatic rings. The van der Waals surface area contributed by atoms with Gasteiger partial charge in [0.05, 0.1) is 23.7 Å². The molecule has 2 N–H and O–H groups in total. The van der Waals surface area contributed by atoms with Gasteiger partial charge in [0.2, 0.25) is 5.91 Å². The highest BCUT2D eigenvalue weighted by molar-refractivity contribution is 5.94. The number of benzene rings is 1. The summed E-state index contributed by atoms with van der Waals surface area (Å²) in [7, 11) is 0. The quantitative estimate of drug-likeness (QED) is 0.791. The van der Waals surface area contributed by atoms with Crippen molar-refractivity contribution in [2.24, 2.45) is 5.92 Å². The molecule has 0 spiro atoms. The van der Waals surface area contributed by atoms with E-state index in [1.165, 1.54) is 12.3 Å². The number of aliphatic hydroxyl groups is 1. The monoisotopic (exact) mass is 422 g/mol. The van der Waals surface area contributed by atoms with Gasteiger partial charge in [0.1, 0.15) is 0 Å². The predicted molar refractivity (Wildman–Crippen MR) is 107 cm³/mol. The Morgan fingerprint density at radius 2 is 2.00 bits per heavy atom. The largest absolute Gasteiger partial charge is 0.418 e. The van der Waals surface area contributed by atoms with Gasteiger partial charge < -0.3 is 15.3 Å². The van der Waals surface area contributed by atoms with Crippen LogP contribution in [0, 0.1) is 5.92 Å². The molecule has 0 saturated carbocycles. The van der Waals surface area contributed by atoms with E-state index in [1.807, 2.05) is 9.80 Å². The van der Waals surface area contributed by atoms with E-state index in [2.05, 4.69) is 17.2 Å². The second-order valence-electron chi connectivity index (χ2n) is 8.39. The molecule has 2 unspecified atom stereocenters. The zero-order valence-corrected chi connectivity index (χ0v) is 16.7. The molecule has 3 heterocycles. The molecule has 2 saturated heterocycles. The third-order valence-corrected chi connectivity index (χ3v) is 5.72. The first-order valence-corrected chi connectivity index (χ1v) is 10.1. The van der Waals surface area contributed by atoms with Crippen molar-refractivity contribution in [2.45, 2.75) is 31.7 Å². The van der Waals surface area contributed by atoms with E-state index < -0.39 is 11.7 Å². The SMILES string of the molecule is CC1CC(NC(=O)CN2CC(O)C2)CN(c2ccc(C(F)(F)F)c3ncccc23)C1. The Labute approximate surface area is 172 Å². The molecule has 0 aliphatic carbocycles. The van der Waals surface area contributed by atoms with Crippen molar-refractivity contribution in [2.75, 3.05) is 37.6 Å². The Morgan fingerprint density at radius 3 is 2.70 bits per heavy atom. The van der Waals surface area contributed by atoms with Crippen LogP contribution in [-0.2, 0) is 11.0 Å². The van der Waals surface area contributed by atoms with Crippen LogP contribution in [0.2, 0.25) is 0 Å². The normalized spacial score (nSPS) is 23.4. The standard InChI is InChI=1S/C21H25F3N4O2/c1-13-7-14(26-19(30)12-27-10-15(29)11-27)9-28(8-13)18-5-4-17(21(22,23)24)20-16(18)3-2-6-25-20/h2-6,13-15,29H,7-12H2,1H3,(H,26,30). The number of amides is 1. The molecule has 0 radical (unpaired) electrons. The van der Waals surface area contributed by atoms with Gasteiger partial charge in [0, 0.05) is 49.5 Å². The fraction of sp³-hybridized carbons (Fsp3) is 0.524. The highest BCUT2D eigenvalue weighted by Crippen LogP contribution is 2.38. The number of hydrogen-bond donors (Lipinski definition) is 2. The number of β-amino-alcohol motifs (C(OH)–C–C–N with tert-alkyl or cyclic N) is 1. The summed E-state index contributed by atoms with van der Waals surface area (Å²) in [6.45, 7) is 4.54. The van der Waals surface area contributed by atoms with E-state index in [0.717, 1.165) is 12.5 Å². The van der Waals surface area contributed by atoms with Crippen LogP contribution < -0.4 is 10.2 Å². The smallest absolute Gasteiger partial charge is 0.390 e. The van der Waals surface area contributed by atoms with Gasteiger partial charge >= 0.3 is 6.18 Å². The van der Waals surface area contributed by atoms with Crippen molar-refractivity contribution >= 4 is 22.5 Å². The zero-order valence-electron chi connectivity index (χ0n) is 16.7. The van der Waals surface area contributed by atoms with Gasteiger partial charge in [-0.05, 0) is 36.6 Å². The molecule has 2 aliphatic rings. The minimum Gasteiger partial charge on any atom is -0.390 e. The van der Waals surface area contributed by atoms with E-state index in [0.29, 0.717) is 37.3 Å². The second-order valence-corrected chi connectivity index (χ2v) is 8.39. The molecule has 1 aromatic carbocycles. The first-order chi connectivity index (χ1) is 14.2. The summed E-state index contributed by atoms with van der Waals surface area (Å²) in [6, 6.07) is 5.80. The number of piperidine rings is 1. The van der Waals surface area contributed by atoms with Crippen LogP contribution in [0.25, 0.3) is 10.9 Å². The molecule has 30 heavy (non-hydrogen) atoms. The lowest BCUT2D eigenvalue weighted by molar-refractivity contribution is -0.136. The lowest BCUT2D eigenvalue weighted by atomic mass is 9.94. The number of hydrogen-bond acceptors (Lipinski definition) is 5. The number of fused-ring (bicyclic) bond motifs is 1. The fourth-order valence-corrected chi connectivity index (χ4v) is 4.46. The summed E-state index contributed by atoms with van der Waals surface area (Å²) >= 11 is 0. The molecule has 162 valence electrons. The third kappa shape index (κ3) is 4.37. The van der Waals surface area contributed by atoms with Crippen molar-refractivity contribution < 1.29 is 23.1 Å². The lowest BCUT2D eigenvalue weighted by Crippen LogP contribution is -2.56. The van der Waals surface area contributed by atoms with Gasteiger partial charge in [-0.2, -0.15) is 13.2 Å².